The second-order valence-corrected chi connectivity index (χ2v) is 11.1. The van der Waals surface area contributed by atoms with Crippen LogP contribution in [-0.4, -0.2) is 79.1 Å². The van der Waals surface area contributed by atoms with E-state index in [0.717, 1.165) is 16.2 Å². The first-order valence-corrected chi connectivity index (χ1v) is 14.2. The molecule has 1 fully saturated rings. The molecule has 1 amide bonds. The smallest absolute Gasteiger partial charge is 0.411 e. The quantitative estimate of drug-likeness (QED) is 0.254. The van der Waals surface area contributed by atoms with Gasteiger partial charge in [-0.2, -0.15) is 13.2 Å². The number of nitrogens with one attached hydrogen (secondary N) is 1. The number of ether oxygens (including phenoxy) is 1. The lowest BCUT2D eigenvalue weighted by Gasteiger charge is -2.38. The summed E-state index contributed by atoms with van der Waals surface area (Å²) in [5, 5.41) is 12.7. The Kier molecular flexibility index (Phi) is 9.10. The van der Waals surface area contributed by atoms with Gasteiger partial charge in [-0.15, -0.1) is 0 Å². The van der Waals surface area contributed by atoms with E-state index < -0.39 is 59.6 Å². The molecule has 1 aliphatic rings. The van der Waals surface area contributed by atoms with Crippen molar-refractivity contribution < 1.29 is 41.4 Å². The molecule has 2 N–H and O–H groups in total. The van der Waals surface area contributed by atoms with Gasteiger partial charge in [0.2, 0.25) is 0 Å². The Morgan fingerprint density at radius 1 is 1.11 bits per heavy atom. The zero-order valence-corrected chi connectivity index (χ0v) is 25.0. The van der Waals surface area contributed by atoms with E-state index in [1.165, 1.54) is 0 Å². The summed E-state index contributed by atoms with van der Waals surface area (Å²) in [5.74, 6) is -5.72. The first kappa shape index (κ1) is 32.5. The van der Waals surface area contributed by atoms with Gasteiger partial charge < -0.3 is 25.0 Å². The maximum Gasteiger partial charge on any atom is 0.411 e. The Morgan fingerprint density at radius 2 is 1.83 bits per heavy atom. The monoisotopic (exact) mass is 643 g/mol. The number of carboxylic acids is 1. The zero-order valence-electron chi connectivity index (χ0n) is 25.0. The molecule has 0 radical (unpaired) electrons. The average Bonchev–Trinajstić information content (AvgIpc) is 2.99. The molecule has 2 atom stereocenters. The molecule has 0 spiro atoms. The molecule has 1 saturated heterocycles. The number of alkyl halides is 3. The lowest BCUT2D eigenvalue weighted by molar-refractivity contribution is -0.167. The van der Waals surface area contributed by atoms with Crippen molar-refractivity contribution in [2.24, 2.45) is 0 Å². The number of rotatable bonds is 8. The largest absolute Gasteiger partial charge is 0.480 e. The summed E-state index contributed by atoms with van der Waals surface area (Å²) in [7, 11) is 3.78. The summed E-state index contributed by atoms with van der Waals surface area (Å²) in [5.41, 5.74) is 2.69. The number of fused-ring (bicyclic) bond motifs is 1. The number of pyridine rings is 2. The number of aliphatic carboxylic acids is 1. The van der Waals surface area contributed by atoms with Gasteiger partial charge in [-0.25, -0.2) is 13.6 Å². The summed E-state index contributed by atoms with van der Waals surface area (Å²) >= 11 is 0. The van der Waals surface area contributed by atoms with E-state index in [-0.39, 0.29) is 19.6 Å². The van der Waals surface area contributed by atoms with Crippen LogP contribution >= 0.6 is 0 Å². The molecule has 9 nitrogen and oxygen atoms in total. The van der Waals surface area contributed by atoms with Crippen LogP contribution in [0.15, 0.2) is 54.9 Å². The fraction of sp³-hybridized carbons (Fsp3) is 0.312. The Bertz CT molecular complexity index is 1780. The molecule has 3 heterocycles. The Hall–Kier alpha value is -4.85. The van der Waals surface area contributed by atoms with E-state index >= 15 is 8.78 Å². The zero-order chi connectivity index (χ0) is 33.3. The second kappa shape index (κ2) is 12.9. The van der Waals surface area contributed by atoms with Crippen LogP contribution in [-0.2, 0) is 16.0 Å². The Balaban J connectivity index is 1.44. The summed E-state index contributed by atoms with van der Waals surface area (Å²) < 4.78 is 75.7. The number of amides is 1. The Labute approximate surface area is 260 Å². The van der Waals surface area contributed by atoms with E-state index in [1.54, 1.807) is 36.7 Å². The molecular weight excluding hydrogens is 613 g/mol. The van der Waals surface area contributed by atoms with Crippen molar-refractivity contribution in [3.05, 3.63) is 83.2 Å². The molecule has 46 heavy (non-hydrogen) atoms. The number of morpholine rings is 1. The van der Waals surface area contributed by atoms with E-state index in [2.05, 4.69) is 15.3 Å². The first-order chi connectivity index (χ1) is 21.8. The summed E-state index contributed by atoms with van der Waals surface area (Å²) in [6, 6.07) is 6.21. The highest BCUT2D eigenvalue weighted by atomic mass is 19.4. The highest BCUT2D eigenvalue weighted by Gasteiger charge is 2.46. The molecule has 242 valence electrons. The van der Waals surface area contributed by atoms with E-state index in [1.807, 2.05) is 32.0 Å². The minimum Gasteiger partial charge on any atom is -0.480 e. The van der Waals surface area contributed by atoms with E-state index in [9.17, 15) is 27.9 Å². The van der Waals surface area contributed by atoms with Gasteiger partial charge >= 0.3 is 12.1 Å². The highest BCUT2D eigenvalue weighted by molar-refractivity contribution is 5.99. The van der Waals surface area contributed by atoms with Crippen LogP contribution in [0.1, 0.15) is 21.5 Å². The summed E-state index contributed by atoms with van der Waals surface area (Å²) in [6.45, 7) is 0.847. The number of nitrogens with zero attached hydrogens (tertiary/aromatic N) is 4. The fourth-order valence-corrected chi connectivity index (χ4v) is 5.69. The SMILES string of the molecule is Cc1ccnc(-c2ccc(C[C@H](NC(=O)c3c(F)cc(N4CCOC[C@@H]4C(F)(F)F)cc3F)C(=O)O)c3cccnc23)c1N(C)C. The van der Waals surface area contributed by atoms with E-state index in [4.69, 9.17) is 4.74 Å². The number of carboxylic acid groups (broad SMARTS) is 1. The number of halogens is 5. The van der Waals surface area contributed by atoms with E-state index in [0.29, 0.717) is 39.9 Å². The molecular formula is C32H30F5N5O4. The van der Waals surface area contributed by atoms with Crippen molar-refractivity contribution in [3.8, 4) is 11.3 Å². The van der Waals surface area contributed by atoms with Crippen LogP contribution in [0.2, 0.25) is 0 Å². The molecule has 5 rings (SSSR count). The fourth-order valence-electron chi connectivity index (χ4n) is 5.69. The van der Waals surface area contributed by atoms with Crippen molar-refractivity contribution in [3.63, 3.8) is 0 Å². The lowest BCUT2D eigenvalue weighted by atomic mass is 9.95. The standard InChI is InChI=1S/C32H30F5N5O4/c1-17-8-10-39-28(29(17)41(2)3)21-7-6-18(20-5-4-9-38-27(20)21)13-24(31(44)45)40-30(43)26-22(33)14-19(15-23(26)34)42-11-12-46-16-25(42)32(35,36)37/h4-10,14-15,24-25H,11-13,16H2,1-3H3,(H,40,43)(H,44,45)/t24-,25+/m0/s1. The third kappa shape index (κ3) is 6.43. The van der Waals surface area contributed by atoms with Crippen molar-refractivity contribution in [1.82, 2.24) is 15.3 Å². The van der Waals surface area contributed by atoms with Crippen molar-refractivity contribution in [2.75, 3.05) is 43.7 Å². The molecule has 0 saturated carbocycles. The number of hydrogen-bond donors (Lipinski definition) is 2. The van der Waals surface area contributed by atoms with Crippen LogP contribution in [0.25, 0.3) is 22.2 Å². The van der Waals surface area contributed by atoms with Gasteiger partial charge in [0.15, 0.2) is 0 Å². The van der Waals surface area contributed by atoms with Crippen molar-refractivity contribution in [2.45, 2.75) is 31.6 Å². The van der Waals surface area contributed by atoms with Crippen LogP contribution < -0.4 is 15.1 Å². The molecule has 0 unspecified atom stereocenters. The maximum absolute atomic E-state index is 15.1. The Morgan fingerprint density at radius 3 is 2.48 bits per heavy atom. The van der Waals surface area contributed by atoms with Gasteiger partial charge in [-0.05, 0) is 42.3 Å². The molecule has 1 aliphatic heterocycles. The van der Waals surface area contributed by atoms with Crippen LogP contribution in [0, 0.1) is 18.6 Å². The van der Waals surface area contributed by atoms with Gasteiger partial charge in [-0.1, -0.05) is 18.2 Å². The van der Waals surface area contributed by atoms with Gasteiger partial charge in [-0.3, -0.25) is 14.8 Å². The molecule has 0 bridgehead atoms. The number of hydrogen-bond acceptors (Lipinski definition) is 7. The topological polar surface area (TPSA) is 108 Å². The van der Waals surface area contributed by atoms with Gasteiger partial charge in [0.05, 0.1) is 30.1 Å². The predicted octanol–water partition coefficient (Wildman–Crippen LogP) is 5.14. The summed E-state index contributed by atoms with van der Waals surface area (Å²) in [6.07, 6.45) is -1.74. The van der Waals surface area contributed by atoms with Crippen LogP contribution in [0.5, 0.6) is 0 Å². The van der Waals surface area contributed by atoms with Crippen molar-refractivity contribution >= 4 is 34.2 Å². The molecule has 4 aromatic rings. The molecule has 2 aromatic carbocycles. The number of aromatic nitrogens is 2. The number of aryl methyl sites for hydroxylation is 1. The normalized spacial score (nSPS) is 15.9. The number of carbonyl (C=O) groups excluding carboxylic acids is 1. The third-order valence-corrected chi connectivity index (χ3v) is 7.81. The summed E-state index contributed by atoms with van der Waals surface area (Å²) in [4.78, 5) is 37.1. The molecule has 14 heteroatoms. The number of benzene rings is 2. The van der Waals surface area contributed by atoms with Gasteiger partial charge in [0, 0.05) is 56.1 Å². The predicted molar refractivity (Wildman–Crippen MR) is 161 cm³/mol. The first-order valence-electron chi connectivity index (χ1n) is 14.2. The molecule has 2 aromatic heterocycles. The minimum atomic E-state index is -4.73. The number of anilines is 2. The highest BCUT2D eigenvalue weighted by Crippen LogP contribution is 2.36. The van der Waals surface area contributed by atoms with Crippen LogP contribution in [0.3, 0.4) is 0 Å². The van der Waals surface area contributed by atoms with Crippen LogP contribution in [0.4, 0.5) is 33.3 Å². The second-order valence-electron chi connectivity index (χ2n) is 11.1. The minimum absolute atomic E-state index is 0.0954. The lowest BCUT2D eigenvalue weighted by Crippen LogP contribution is -2.53. The third-order valence-electron chi connectivity index (χ3n) is 7.81. The number of carbonyl (C=O) groups is 2. The van der Waals surface area contributed by atoms with Gasteiger partial charge in [0.1, 0.15) is 29.3 Å². The molecule has 0 aliphatic carbocycles. The van der Waals surface area contributed by atoms with Gasteiger partial charge in [0.25, 0.3) is 5.91 Å². The average molecular weight is 644 g/mol. The van der Waals surface area contributed by atoms with Crippen molar-refractivity contribution in [1.29, 1.82) is 0 Å². The maximum atomic E-state index is 15.1.